The smallest absolute Gasteiger partial charge is 0.226 e. The maximum absolute atomic E-state index is 11.5. The van der Waals surface area contributed by atoms with Crippen molar-refractivity contribution in [2.24, 2.45) is 0 Å². The van der Waals surface area contributed by atoms with Gasteiger partial charge in [-0.15, -0.1) is 6.58 Å². The summed E-state index contributed by atoms with van der Waals surface area (Å²) in [6.07, 6.45) is 1.85. The van der Waals surface area contributed by atoms with Crippen LogP contribution in [-0.4, -0.2) is 17.6 Å². The second-order valence-electron chi connectivity index (χ2n) is 3.82. The molecule has 4 nitrogen and oxygen atoms in total. The molecule has 0 bridgehead atoms. The van der Waals surface area contributed by atoms with Crippen LogP contribution in [-0.2, 0) is 11.2 Å². The molecule has 1 heterocycles. The first-order valence-corrected chi connectivity index (χ1v) is 5.68. The lowest BCUT2D eigenvalue weighted by atomic mass is 10.1. The molecule has 2 aromatic rings. The van der Waals surface area contributed by atoms with Gasteiger partial charge >= 0.3 is 0 Å². The molecule has 92 valence electrons. The highest BCUT2D eigenvalue weighted by Gasteiger charge is 2.09. The number of rotatable bonds is 5. The Morgan fingerprint density at radius 3 is 2.89 bits per heavy atom. The van der Waals surface area contributed by atoms with Gasteiger partial charge in [0.2, 0.25) is 5.91 Å². The summed E-state index contributed by atoms with van der Waals surface area (Å²) in [5.74, 6) is 0.574. The quantitative estimate of drug-likeness (QED) is 0.818. The Kier molecular flexibility index (Phi) is 3.91. The molecule has 2 rings (SSSR count). The average Bonchev–Trinajstić information content (AvgIpc) is 2.86. The fourth-order valence-electron chi connectivity index (χ4n) is 1.55. The van der Waals surface area contributed by atoms with Crippen LogP contribution in [0.25, 0.3) is 11.3 Å². The molecule has 0 atom stereocenters. The van der Waals surface area contributed by atoms with Crippen LogP contribution in [0.2, 0.25) is 0 Å². The molecule has 0 aliphatic heterocycles. The van der Waals surface area contributed by atoms with Crippen LogP contribution in [0.3, 0.4) is 0 Å². The molecular weight excluding hydrogens is 228 g/mol. The molecule has 0 radical (unpaired) electrons. The van der Waals surface area contributed by atoms with Crippen molar-refractivity contribution in [3.63, 3.8) is 0 Å². The van der Waals surface area contributed by atoms with E-state index in [1.165, 1.54) is 0 Å². The van der Waals surface area contributed by atoms with Gasteiger partial charge in [0.05, 0.1) is 12.1 Å². The number of aromatic nitrogens is 1. The summed E-state index contributed by atoms with van der Waals surface area (Å²) >= 11 is 0. The lowest BCUT2D eigenvalue weighted by Crippen LogP contribution is -2.24. The van der Waals surface area contributed by atoms with E-state index in [-0.39, 0.29) is 12.3 Å². The molecule has 1 amide bonds. The monoisotopic (exact) mass is 242 g/mol. The molecule has 1 aromatic carbocycles. The van der Waals surface area contributed by atoms with E-state index in [0.29, 0.717) is 18.0 Å². The Morgan fingerprint density at radius 1 is 1.39 bits per heavy atom. The van der Waals surface area contributed by atoms with Gasteiger partial charge in [0.1, 0.15) is 0 Å². The van der Waals surface area contributed by atoms with E-state index in [2.05, 4.69) is 17.1 Å². The Morgan fingerprint density at radius 2 is 2.17 bits per heavy atom. The molecule has 0 saturated carbocycles. The fraction of sp³-hybridized carbons (Fsp3) is 0.143. The lowest BCUT2D eigenvalue weighted by Gasteiger charge is -1.97. The predicted molar refractivity (Wildman–Crippen MR) is 68.8 cm³/mol. The van der Waals surface area contributed by atoms with Crippen molar-refractivity contribution in [3.8, 4) is 11.3 Å². The van der Waals surface area contributed by atoms with E-state index in [1.807, 2.05) is 30.3 Å². The number of hydrogen-bond donors (Lipinski definition) is 1. The van der Waals surface area contributed by atoms with Gasteiger partial charge in [-0.05, 0) is 0 Å². The second-order valence-corrected chi connectivity index (χ2v) is 3.82. The Bertz CT molecular complexity index is 532. The summed E-state index contributed by atoms with van der Waals surface area (Å²) in [6.45, 7) is 4.00. The van der Waals surface area contributed by atoms with Crippen molar-refractivity contribution in [3.05, 3.63) is 54.7 Å². The third-order valence-corrected chi connectivity index (χ3v) is 2.40. The van der Waals surface area contributed by atoms with Crippen molar-refractivity contribution >= 4 is 5.91 Å². The first-order valence-electron chi connectivity index (χ1n) is 5.68. The van der Waals surface area contributed by atoms with Gasteiger partial charge in [-0.25, -0.2) is 0 Å². The molecule has 1 aromatic heterocycles. The van der Waals surface area contributed by atoms with Gasteiger partial charge in [-0.1, -0.05) is 41.6 Å². The van der Waals surface area contributed by atoms with Crippen LogP contribution in [0.5, 0.6) is 0 Å². The van der Waals surface area contributed by atoms with Crippen molar-refractivity contribution in [2.75, 3.05) is 6.54 Å². The van der Waals surface area contributed by atoms with Crippen LogP contribution in [0, 0.1) is 0 Å². The molecular formula is C14H14N2O2. The molecule has 4 heteroatoms. The summed E-state index contributed by atoms with van der Waals surface area (Å²) in [6, 6.07) is 11.4. The van der Waals surface area contributed by atoms with E-state index in [4.69, 9.17) is 4.52 Å². The first-order chi connectivity index (χ1) is 8.79. The molecule has 1 N–H and O–H groups in total. The molecule has 0 saturated heterocycles. The highest BCUT2D eigenvalue weighted by molar-refractivity contribution is 5.78. The standard InChI is InChI=1S/C14H14N2O2/c1-2-8-15-14(17)10-12-9-13(18-16-12)11-6-4-3-5-7-11/h2-7,9H,1,8,10H2,(H,15,17). The number of amides is 1. The maximum atomic E-state index is 11.5. The van der Waals surface area contributed by atoms with Crippen LogP contribution in [0.4, 0.5) is 0 Å². The van der Waals surface area contributed by atoms with Crippen molar-refractivity contribution in [1.82, 2.24) is 10.5 Å². The van der Waals surface area contributed by atoms with Gasteiger partial charge in [0.25, 0.3) is 0 Å². The largest absolute Gasteiger partial charge is 0.356 e. The average molecular weight is 242 g/mol. The third kappa shape index (κ3) is 3.07. The Hall–Kier alpha value is -2.36. The predicted octanol–water partition coefficient (Wildman–Crippen LogP) is 2.19. The zero-order valence-electron chi connectivity index (χ0n) is 9.93. The summed E-state index contributed by atoms with van der Waals surface area (Å²) < 4.78 is 5.21. The number of benzene rings is 1. The molecule has 0 aliphatic carbocycles. The number of carbonyl (C=O) groups is 1. The summed E-state index contributed by atoms with van der Waals surface area (Å²) in [4.78, 5) is 11.5. The summed E-state index contributed by atoms with van der Waals surface area (Å²) in [7, 11) is 0. The minimum atomic E-state index is -0.0946. The zero-order valence-corrected chi connectivity index (χ0v) is 9.93. The van der Waals surface area contributed by atoms with Crippen molar-refractivity contribution in [1.29, 1.82) is 0 Å². The second kappa shape index (κ2) is 5.82. The highest BCUT2D eigenvalue weighted by Crippen LogP contribution is 2.19. The van der Waals surface area contributed by atoms with Crippen LogP contribution < -0.4 is 5.32 Å². The van der Waals surface area contributed by atoms with Gasteiger partial charge in [0, 0.05) is 18.2 Å². The third-order valence-electron chi connectivity index (χ3n) is 2.40. The van der Waals surface area contributed by atoms with Crippen molar-refractivity contribution in [2.45, 2.75) is 6.42 Å². The van der Waals surface area contributed by atoms with E-state index in [1.54, 1.807) is 12.1 Å². The number of nitrogens with one attached hydrogen (secondary N) is 1. The minimum absolute atomic E-state index is 0.0946. The summed E-state index contributed by atoms with van der Waals surface area (Å²) in [5, 5.41) is 6.57. The molecule has 0 unspecified atom stereocenters. The highest BCUT2D eigenvalue weighted by atomic mass is 16.5. The number of hydrogen-bond acceptors (Lipinski definition) is 3. The topological polar surface area (TPSA) is 55.1 Å². The van der Waals surface area contributed by atoms with Gasteiger partial charge in [0.15, 0.2) is 5.76 Å². The number of carbonyl (C=O) groups excluding carboxylic acids is 1. The van der Waals surface area contributed by atoms with Crippen LogP contribution >= 0.6 is 0 Å². The van der Waals surface area contributed by atoms with E-state index in [9.17, 15) is 4.79 Å². The summed E-state index contributed by atoms with van der Waals surface area (Å²) in [5.41, 5.74) is 1.57. The van der Waals surface area contributed by atoms with Crippen molar-refractivity contribution < 1.29 is 9.32 Å². The van der Waals surface area contributed by atoms with Crippen LogP contribution in [0.1, 0.15) is 5.69 Å². The molecule has 0 fully saturated rings. The van der Waals surface area contributed by atoms with E-state index < -0.39 is 0 Å². The maximum Gasteiger partial charge on any atom is 0.226 e. The van der Waals surface area contributed by atoms with Crippen LogP contribution in [0.15, 0.2) is 53.6 Å². The Balaban J connectivity index is 2.02. The van der Waals surface area contributed by atoms with Gasteiger partial charge in [-0.2, -0.15) is 0 Å². The zero-order chi connectivity index (χ0) is 12.8. The number of nitrogens with zero attached hydrogens (tertiary/aromatic N) is 1. The molecule has 18 heavy (non-hydrogen) atoms. The van der Waals surface area contributed by atoms with E-state index >= 15 is 0 Å². The fourth-order valence-corrected chi connectivity index (χ4v) is 1.55. The molecule has 0 aliphatic rings. The SMILES string of the molecule is C=CCNC(=O)Cc1cc(-c2ccccc2)on1. The molecule has 0 spiro atoms. The lowest BCUT2D eigenvalue weighted by molar-refractivity contribution is -0.120. The van der Waals surface area contributed by atoms with E-state index in [0.717, 1.165) is 5.56 Å². The van der Waals surface area contributed by atoms with Gasteiger partial charge < -0.3 is 9.84 Å². The normalized spacial score (nSPS) is 10.0. The van der Waals surface area contributed by atoms with Gasteiger partial charge in [-0.3, -0.25) is 4.79 Å². The minimum Gasteiger partial charge on any atom is -0.356 e. The Labute approximate surface area is 105 Å². The first kappa shape index (κ1) is 12.1.